The van der Waals surface area contributed by atoms with Crippen molar-refractivity contribution in [3.63, 3.8) is 0 Å². The van der Waals surface area contributed by atoms with Gasteiger partial charge >= 0.3 is 0 Å². The number of rotatable bonds is 5. The third-order valence-corrected chi connectivity index (χ3v) is 8.04. The summed E-state index contributed by atoms with van der Waals surface area (Å²) in [6, 6.07) is 42.2. The lowest BCUT2D eigenvalue weighted by Crippen LogP contribution is -1.98. The summed E-state index contributed by atoms with van der Waals surface area (Å²) in [4.78, 5) is 4.82. The number of benzene rings is 5. The van der Waals surface area contributed by atoms with Crippen LogP contribution >= 0.6 is 0 Å². The Morgan fingerprint density at radius 1 is 0.674 bits per heavy atom. The molecule has 8 aromatic rings. The van der Waals surface area contributed by atoms with Gasteiger partial charge in [0.15, 0.2) is 17.4 Å². The Morgan fingerprint density at radius 3 is 2.33 bits per heavy atom. The number of hydrogen-bond acceptors (Lipinski definition) is 2. The van der Waals surface area contributed by atoms with Crippen LogP contribution in [0.25, 0.3) is 55.5 Å². The predicted octanol–water partition coefficient (Wildman–Crippen LogP) is 9.51. The molecule has 0 radical (unpaired) electrons. The third kappa shape index (κ3) is 4.25. The number of pyridine rings is 1. The van der Waals surface area contributed by atoms with E-state index in [1.807, 2.05) is 71.4 Å². The molecule has 206 valence electrons. The Hall–Kier alpha value is -5.68. The first-order valence-electron chi connectivity index (χ1n) is 15.7. The molecule has 0 fully saturated rings. The summed E-state index contributed by atoms with van der Waals surface area (Å²) in [5.74, 6) is 2.14. The molecule has 3 aromatic heterocycles. The van der Waals surface area contributed by atoms with Crippen molar-refractivity contribution in [1.29, 1.82) is 0 Å². The van der Waals surface area contributed by atoms with Gasteiger partial charge in [0.25, 0.3) is 0 Å². The van der Waals surface area contributed by atoms with Crippen molar-refractivity contribution in [2.45, 2.75) is 6.92 Å². The van der Waals surface area contributed by atoms with Crippen molar-refractivity contribution < 1.29 is 8.85 Å². The van der Waals surface area contributed by atoms with Crippen LogP contribution in [0, 0.1) is 6.92 Å². The van der Waals surface area contributed by atoms with Crippen molar-refractivity contribution >= 4 is 32.8 Å². The van der Waals surface area contributed by atoms with E-state index in [4.69, 9.17) is 13.8 Å². The second-order valence-electron chi connectivity index (χ2n) is 10.7. The van der Waals surface area contributed by atoms with Gasteiger partial charge in [-0.05, 0) is 78.2 Å². The maximum absolute atomic E-state index is 8.02. The molecule has 3 heterocycles. The Labute approximate surface area is 253 Å². The first-order valence-corrected chi connectivity index (χ1v) is 14.2. The van der Waals surface area contributed by atoms with Crippen LogP contribution in [0.3, 0.4) is 0 Å². The number of nitrogens with zero attached hydrogens (tertiary/aromatic N) is 4. The average molecular weight is 561 g/mol. The van der Waals surface area contributed by atoms with Crippen LogP contribution in [-0.4, -0.2) is 18.7 Å². The summed E-state index contributed by atoms with van der Waals surface area (Å²) in [6.07, 6.45) is 3.49. The normalized spacial score (nSPS) is 12.8. The lowest BCUT2D eigenvalue weighted by molar-refractivity contribution is 0.483. The van der Waals surface area contributed by atoms with Crippen molar-refractivity contribution in [1.82, 2.24) is 18.7 Å². The van der Waals surface area contributed by atoms with E-state index in [-0.39, 0.29) is 0 Å². The summed E-state index contributed by atoms with van der Waals surface area (Å²) in [5, 5.41) is 2.24. The van der Waals surface area contributed by atoms with Crippen molar-refractivity contribution in [3.05, 3.63) is 145 Å². The molecular weight excluding hydrogens is 528 g/mol. The average Bonchev–Trinajstić information content (AvgIpc) is 3.62. The van der Waals surface area contributed by atoms with Gasteiger partial charge in [-0.25, -0.2) is 9.55 Å². The number of fused-ring (bicyclic) bond motifs is 4. The summed E-state index contributed by atoms with van der Waals surface area (Å²) in [7, 11) is 0. The zero-order valence-corrected chi connectivity index (χ0v) is 23.5. The highest BCUT2D eigenvalue weighted by Crippen LogP contribution is 2.36. The molecule has 0 bridgehead atoms. The van der Waals surface area contributed by atoms with E-state index >= 15 is 0 Å². The van der Waals surface area contributed by atoms with Gasteiger partial charge in [-0.1, -0.05) is 42.5 Å². The highest BCUT2D eigenvalue weighted by atomic mass is 16.5. The molecule has 5 heteroatoms. The second kappa shape index (κ2) is 10.00. The minimum absolute atomic E-state index is 0.632. The molecule has 0 aliphatic carbocycles. The Kier molecular flexibility index (Phi) is 5.11. The molecule has 0 aliphatic rings. The summed E-state index contributed by atoms with van der Waals surface area (Å²) >= 11 is 0. The predicted molar refractivity (Wildman–Crippen MR) is 175 cm³/mol. The summed E-state index contributed by atoms with van der Waals surface area (Å²) < 4.78 is 35.9. The first-order chi connectivity index (χ1) is 22.3. The van der Waals surface area contributed by atoms with Crippen molar-refractivity contribution in [2.75, 3.05) is 0 Å². The van der Waals surface area contributed by atoms with Crippen molar-refractivity contribution in [3.8, 4) is 34.1 Å². The van der Waals surface area contributed by atoms with E-state index in [0.29, 0.717) is 17.0 Å². The van der Waals surface area contributed by atoms with Crippen LogP contribution in [0.4, 0.5) is 0 Å². The minimum atomic E-state index is -2.30. The van der Waals surface area contributed by atoms with Gasteiger partial charge in [-0.3, -0.25) is 4.57 Å². The van der Waals surface area contributed by atoms with Crippen LogP contribution in [-0.2, 0) is 6.98 Å². The number of aromatic nitrogens is 4. The number of ether oxygens (including phenoxy) is 1. The molecule has 0 unspecified atom stereocenters. The van der Waals surface area contributed by atoms with Gasteiger partial charge < -0.3 is 4.74 Å². The van der Waals surface area contributed by atoms with Crippen LogP contribution in [0.2, 0.25) is 0 Å². The van der Waals surface area contributed by atoms with Gasteiger partial charge in [0.2, 0.25) is 0 Å². The van der Waals surface area contributed by atoms with Crippen LogP contribution in [0.1, 0.15) is 9.68 Å². The largest absolute Gasteiger partial charge is 0.456 e. The van der Waals surface area contributed by atoms with Gasteiger partial charge in [0, 0.05) is 58.4 Å². The molecule has 5 nitrogen and oxygen atoms in total. The highest BCUT2D eigenvalue weighted by Gasteiger charge is 2.17. The van der Waals surface area contributed by atoms with Gasteiger partial charge in [0.05, 0.1) is 11.0 Å². The smallest absolute Gasteiger partial charge is 0.191 e. The number of aryl methyl sites for hydroxylation is 2. The quantitative estimate of drug-likeness (QED) is 0.197. The van der Waals surface area contributed by atoms with Gasteiger partial charge in [-0.15, -0.1) is 0 Å². The van der Waals surface area contributed by atoms with E-state index in [0.717, 1.165) is 44.4 Å². The van der Waals surface area contributed by atoms with E-state index in [1.54, 1.807) is 6.33 Å². The van der Waals surface area contributed by atoms with Crippen LogP contribution in [0.5, 0.6) is 11.5 Å². The molecule has 0 spiro atoms. The Morgan fingerprint density at radius 2 is 1.44 bits per heavy atom. The fraction of sp³-hybridized carbons (Fsp3) is 0.0526. The summed E-state index contributed by atoms with van der Waals surface area (Å²) in [6.45, 7) is -0.181. The third-order valence-electron chi connectivity index (χ3n) is 8.04. The molecule has 0 saturated heterocycles. The topological polar surface area (TPSA) is 36.9 Å². The monoisotopic (exact) mass is 560 g/mol. The van der Waals surface area contributed by atoms with E-state index in [9.17, 15) is 0 Å². The zero-order chi connectivity index (χ0) is 31.4. The van der Waals surface area contributed by atoms with Crippen molar-refractivity contribution in [2.24, 2.45) is 6.98 Å². The lowest BCUT2D eigenvalue weighted by atomic mass is 10.0. The molecule has 0 amide bonds. The first kappa shape index (κ1) is 22.0. The fourth-order valence-electron chi connectivity index (χ4n) is 6.02. The highest BCUT2D eigenvalue weighted by molar-refractivity contribution is 6.09. The van der Waals surface area contributed by atoms with Crippen LogP contribution < -0.4 is 4.74 Å². The zero-order valence-electron chi connectivity index (χ0n) is 26.5. The van der Waals surface area contributed by atoms with E-state index in [2.05, 4.69) is 78.2 Å². The standard InChI is InChI=1S/C38H29N4O/c1-26-10-3-4-13-31(26)27-20-21-39-38(22-27)42-34-15-6-5-14-32(34)33-19-18-30(24-37(33)42)43-29-12-9-11-28(23-29)41-25-40(2)35-16-7-8-17-36(35)41/h3-25H,1-2H3/q+1/i2D3. The Bertz CT molecular complexity index is 2420. The molecule has 0 atom stereocenters. The molecule has 0 aliphatic heterocycles. The van der Waals surface area contributed by atoms with Gasteiger partial charge in [0.1, 0.15) is 23.0 Å². The maximum Gasteiger partial charge on any atom is 0.191 e. The molecular formula is C38H29N4O+. The SMILES string of the molecule is [2H]C([2H])([2H])n1[cH+]n(-c2cccc(Oc3ccc4c5ccccc5n(-c5cc(-c6ccccc6C)ccn5)c4c3)c2)c2ccccc21. The van der Waals surface area contributed by atoms with E-state index in [1.165, 1.54) is 15.7 Å². The maximum atomic E-state index is 8.02. The number of imidazole rings is 1. The summed E-state index contributed by atoms with van der Waals surface area (Å²) in [5.41, 5.74) is 7.76. The molecule has 8 rings (SSSR count). The second-order valence-corrected chi connectivity index (χ2v) is 10.7. The van der Waals surface area contributed by atoms with Crippen LogP contribution in [0.15, 0.2) is 140 Å². The number of hydrogen-bond donors (Lipinski definition) is 0. The minimum Gasteiger partial charge on any atom is -0.456 e. The lowest BCUT2D eigenvalue weighted by Gasteiger charge is -2.11. The van der Waals surface area contributed by atoms with Gasteiger partial charge in [-0.2, -0.15) is 4.57 Å². The molecule has 0 N–H and O–H groups in total. The fourth-order valence-corrected chi connectivity index (χ4v) is 6.02. The molecule has 43 heavy (non-hydrogen) atoms. The molecule has 5 aromatic carbocycles. The Balaban J connectivity index is 1.22. The number of para-hydroxylation sites is 3. The molecule has 0 saturated carbocycles. The van der Waals surface area contributed by atoms with E-state index < -0.39 is 6.98 Å².